The van der Waals surface area contributed by atoms with Gasteiger partial charge in [0, 0.05) is 32.7 Å². The molecule has 1 aliphatic heterocycles. The van der Waals surface area contributed by atoms with Crippen LogP contribution in [0, 0.1) is 0 Å². The lowest BCUT2D eigenvalue weighted by molar-refractivity contribution is -0.107. The Kier molecular flexibility index (Phi) is 5.79. The number of rotatable bonds is 5. The molecule has 0 unspecified atom stereocenters. The molecule has 0 radical (unpaired) electrons. The van der Waals surface area contributed by atoms with Crippen molar-refractivity contribution < 1.29 is 21.6 Å². The zero-order valence-corrected chi connectivity index (χ0v) is 12.2. The normalized spacial score (nSPS) is 20.1. The number of halogens is 3. The zero-order chi connectivity index (χ0) is 15.4. The molecule has 0 aromatic rings. The molecule has 0 atom stereocenters. The van der Waals surface area contributed by atoms with Crippen LogP contribution in [-0.4, -0.2) is 62.3 Å². The molecular formula is C12H19F3N2O2S. The summed E-state index contributed by atoms with van der Waals surface area (Å²) in [6, 6.07) is 0. The molecule has 1 aliphatic rings. The van der Waals surface area contributed by atoms with Gasteiger partial charge in [-0.05, 0) is 6.92 Å². The highest BCUT2D eigenvalue weighted by Gasteiger charge is 2.39. The summed E-state index contributed by atoms with van der Waals surface area (Å²) in [5, 5.41) is 0. The first-order chi connectivity index (χ1) is 9.14. The van der Waals surface area contributed by atoms with E-state index < -0.39 is 22.0 Å². The number of piperazine rings is 1. The molecule has 1 rings (SSSR count). The van der Waals surface area contributed by atoms with Crippen molar-refractivity contribution in [3.8, 4) is 0 Å². The molecule has 1 saturated heterocycles. The van der Waals surface area contributed by atoms with Crippen molar-refractivity contribution in [3.63, 3.8) is 0 Å². The van der Waals surface area contributed by atoms with Gasteiger partial charge in [-0.3, -0.25) is 4.90 Å². The highest BCUT2D eigenvalue weighted by Crippen LogP contribution is 2.20. The molecule has 1 fully saturated rings. The molecule has 0 spiro atoms. The average molecular weight is 312 g/mol. The SMILES string of the molecule is C=C/C=C(\C)CN1CCN(S(=O)(=O)CC(F)(F)F)CC1. The van der Waals surface area contributed by atoms with Crippen LogP contribution >= 0.6 is 0 Å². The maximum atomic E-state index is 12.2. The van der Waals surface area contributed by atoms with Gasteiger partial charge < -0.3 is 0 Å². The van der Waals surface area contributed by atoms with Crippen molar-refractivity contribution >= 4 is 10.0 Å². The summed E-state index contributed by atoms with van der Waals surface area (Å²) in [6.45, 7) is 7.23. The van der Waals surface area contributed by atoms with Crippen molar-refractivity contribution in [2.75, 3.05) is 38.5 Å². The molecule has 0 aliphatic carbocycles. The summed E-state index contributed by atoms with van der Waals surface area (Å²) in [5.41, 5.74) is 1.08. The van der Waals surface area contributed by atoms with Crippen LogP contribution in [0.15, 0.2) is 24.3 Å². The summed E-state index contributed by atoms with van der Waals surface area (Å²) in [6.07, 6.45) is -1.18. The molecule has 20 heavy (non-hydrogen) atoms. The minimum atomic E-state index is -4.70. The molecule has 8 heteroatoms. The second-order valence-corrected chi connectivity index (χ2v) is 6.76. The average Bonchev–Trinajstić information content (AvgIpc) is 2.26. The Labute approximate surface area is 117 Å². The standard InChI is InChI=1S/C12H19F3N2O2S/c1-3-4-11(2)9-16-5-7-17(8-6-16)20(18,19)10-12(13,14)15/h3-4H,1,5-10H2,2H3/b11-4+. The fourth-order valence-corrected chi connectivity index (χ4v) is 3.39. The maximum absolute atomic E-state index is 12.2. The molecule has 0 aromatic carbocycles. The zero-order valence-electron chi connectivity index (χ0n) is 11.4. The number of hydrogen-bond acceptors (Lipinski definition) is 3. The van der Waals surface area contributed by atoms with Crippen molar-refractivity contribution in [3.05, 3.63) is 24.3 Å². The van der Waals surface area contributed by atoms with E-state index in [1.807, 2.05) is 17.9 Å². The molecule has 0 bridgehead atoms. The third-order valence-corrected chi connectivity index (χ3v) is 4.79. The van der Waals surface area contributed by atoms with Crippen LogP contribution in [0.3, 0.4) is 0 Å². The monoisotopic (exact) mass is 312 g/mol. The predicted octanol–water partition coefficient (Wildman–Crippen LogP) is 1.63. The van der Waals surface area contributed by atoms with E-state index in [-0.39, 0.29) is 13.1 Å². The molecule has 0 amide bonds. The lowest BCUT2D eigenvalue weighted by atomic mass is 10.2. The molecule has 116 valence electrons. The highest BCUT2D eigenvalue weighted by atomic mass is 32.2. The first-order valence-electron chi connectivity index (χ1n) is 6.19. The van der Waals surface area contributed by atoms with E-state index >= 15 is 0 Å². The number of allylic oxidation sites excluding steroid dienone is 2. The Morgan fingerprint density at radius 1 is 1.25 bits per heavy atom. The molecule has 4 nitrogen and oxygen atoms in total. The Bertz CT molecular complexity index is 464. The fourth-order valence-electron chi connectivity index (χ4n) is 2.07. The number of hydrogen-bond donors (Lipinski definition) is 0. The second-order valence-electron chi connectivity index (χ2n) is 4.80. The minimum Gasteiger partial charge on any atom is -0.297 e. The van der Waals surface area contributed by atoms with Gasteiger partial charge in [0.15, 0.2) is 5.75 Å². The Morgan fingerprint density at radius 2 is 1.80 bits per heavy atom. The van der Waals surface area contributed by atoms with Gasteiger partial charge in [-0.15, -0.1) is 0 Å². The van der Waals surface area contributed by atoms with Crippen LogP contribution in [0.1, 0.15) is 6.92 Å². The predicted molar refractivity (Wildman–Crippen MR) is 71.8 cm³/mol. The van der Waals surface area contributed by atoms with Crippen LogP contribution in [0.25, 0.3) is 0 Å². The van der Waals surface area contributed by atoms with E-state index in [9.17, 15) is 21.6 Å². The van der Waals surface area contributed by atoms with E-state index in [4.69, 9.17) is 0 Å². The molecule has 0 saturated carbocycles. The summed E-state index contributed by atoms with van der Waals surface area (Å²) in [4.78, 5) is 2.01. The summed E-state index contributed by atoms with van der Waals surface area (Å²) in [7, 11) is -4.25. The van der Waals surface area contributed by atoms with Crippen molar-refractivity contribution in [2.24, 2.45) is 0 Å². The van der Waals surface area contributed by atoms with Gasteiger partial charge in [0.05, 0.1) is 0 Å². The van der Waals surface area contributed by atoms with Crippen LogP contribution in [0.4, 0.5) is 13.2 Å². The molecule has 0 aromatic heterocycles. The lowest BCUT2D eigenvalue weighted by Gasteiger charge is -2.34. The highest BCUT2D eigenvalue weighted by molar-refractivity contribution is 7.89. The Balaban J connectivity index is 2.54. The number of sulfonamides is 1. The van der Waals surface area contributed by atoms with Gasteiger partial charge in [0.1, 0.15) is 0 Å². The summed E-state index contributed by atoms with van der Waals surface area (Å²) >= 11 is 0. The second kappa shape index (κ2) is 6.73. The van der Waals surface area contributed by atoms with Crippen molar-refractivity contribution in [2.45, 2.75) is 13.1 Å². The molecular weight excluding hydrogens is 293 g/mol. The van der Waals surface area contributed by atoms with Crippen LogP contribution < -0.4 is 0 Å². The minimum absolute atomic E-state index is 0.0970. The third kappa shape index (κ3) is 5.64. The molecule has 0 N–H and O–H groups in total. The lowest BCUT2D eigenvalue weighted by Crippen LogP contribution is -2.50. The van der Waals surface area contributed by atoms with Gasteiger partial charge >= 0.3 is 6.18 Å². The Morgan fingerprint density at radius 3 is 2.25 bits per heavy atom. The van der Waals surface area contributed by atoms with Crippen molar-refractivity contribution in [1.29, 1.82) is 0 Å². The van der Waals surface area contributed by atoms with Gasteiger partial charge in [0.2, 0.25) is 10.0 Å². The quantitative estimate of drug-likeness (QED) is 0.725. The first kappa shape index (κ1) is 17.2. The fraction of sp³-hybridized carbons (Fsp3) is 0.667. The third-order valence-electron chi connectivity index (χ3n) is 2.95. The first-order valence-corrected chi connectivity index (χ1v) is 7.80. The van der Waals surface area contributed by atoms with Gasteiger partial charge in [-0.2, -0.15) is 17.5 Å². The topological polar surface area (TPSA) is 40.6 Å². The maximum Gasteiger partial charge on any atom is 0.404 e. The van der Waals surface area contributed by atoms with E-state index in [0.29, 0.717) is 19.6 Å². The largest absolute Gasteiger partial charge is 0.404 e. The van der Waals surface area contributed by atoms with Crippen LogP contribution in [0.5, 0.6) is 0 Å². The van der Waals surface area contributed by atoms with Gasteiger partial charge in [-0.25, -0.2) is 8.42 Å². The number of nitrogens with zero attached hydrogens (tertiary/aromatic N) is 2. The number of alkyl halides is 3. The summed E-state index contributed by atoms with van der Waals surface area (Å²) < 4.78 is 60.7. The molecule has 1 heterocycles. The van der Waals surface area contributed by atoms with E-state index in [1.165, 1.54) is 0 Å². The van der Waals surface area contributed by atoms with E-state index in [1.54, 1.807) is 6.08 Å². The van der Waals surface area contributed by atoms with E-state index in [2.05, 4.69) is 6.58 Å². The van der Waals surface area contributed by atoms with Crippen LogP contribution in [-0.2, 0) is 10.0 Å². The van der Waals surface area contributed by atoms with E-state index in [0.717, 1.165) is 9.88 Å². The van der Waals surface area contributed by atoms with Gasteiger partial charge in [-0.1, -0.05) is 24.3 Å². The summed E-state index contributed by atoms with van der Waals surface area (Å²) in [5.74, 6) is -1.78. The Hall–Kier alpha value is -0.860. The van der Waals surface area contributed by atoms with Crippen molar-refractivity contribution in [1.82, 2.24) is 9.21 Å². The van der Waals surface area contributed by atoms with Crippen LogP contribution in [0.2, 0.25) is 0 Å². The smallest absolute Gasteiger partial charge is 0.297 e. The van der Waals surface area contributed by atoms with Gasteiger partial charge in [0.25, 0.3) is 0 Å².